The number of alkyl halides is 2. The normalized spacial score (nSPS) is 14.6. The van der Waals surface area contributed by atoms with Crippen LogP contribution >= 0.6 is 11.3 Å². The van der Waals surface area contributed by atoms with Crippen molar-refractivity contribution in [2.45, 2.75) is 38.5 Å². The zero-order chi connectivity index (χ0) is 28.6. The third-order valence-electron chi connectivity index (χ3n) is 6.20. The SMILES string of the molecule is COc1ccc(CNC(=O)c2nc(C3CCCN3C(=O)OCc3ccccc3)sc2NC(=O)C(F)F)c(OC)c1. The van der Waals surface area contributed by atoms with Crippen molar-refractivity contribution >= 4 is 34.2 Å². The number of carbonyl (C=O) groups is 3. The van der Waals surface area contributed by atoms with Crippen molar-refractivity contribution in [3.63, 3.8) is 0 Å². The number of halogens is 2. The second-order valence-corrected chi connectivity index (χ2v) is 9.80. The van der Waals surface area contributed by atoms with Gasteiger partial charge in [-0.25, -0.2) is 9.78 Å². The molecule has 13 heteroatoms. The lowest BCUT2D eigenvalue weighted by atomic mass is 10.2. The van der Waals surface area contributed by atoms with Crippen LogP contribution < -0.4 is 20.1 Å². The Balaban J connectivity index is 1.52. The predicted molar refractivity (Wildman–Crippen MR) is 143 cm³/mol. The Morgan fingerprint density at radius 1 is 1.12 bits per heavy atom. The van der Waals surface area contributed by atoms with E-state index in [1.807, 2.05) is 30.3 Å². The van der Waals surface area contributed by atoms with E-state index >= 15 is 0 Å². The Morgan fingerprint density at radius 2 is 1.90 bits per heavy atom. The molecule has 0 radical (unpaired) electrons. The number of nitrogens with zero attached hydrogens (tertiary/aromatic N) is 2. The highest BCUT2D eigenvalue weighted by Crippen LogP contribution is 2.38. The molecule has 2 aromatic carbocycles. The maximum absolute atomic E-state index is 13.1. The summed E-state index contributed by atoms with van der Waals surface area (Å²) in [6, 6.07) is 13.7. The van der Waals surface area contributed by atoms with Crippen LogP contribution in [-0.2, 0) is 22.7 Å². The third kappa shape index (κ3) is 6.84. The monoisotopic (exact) mass is 574 g/mol. The summed E-state index contributed by atoms with van der Waals surface area (Å²) < 4.78 is 42.1. The van der Waals surface area contributed by atoms with E-state index in [1.165, 1.54) is 19.1 Å². The summed E-state index contributed by atoms with van der Waals surface area (Å²) in [5.41, 5.74) is 1.23. The van der Waals surface area contributed by atoms with Crippen LogP contribution in [0.1, 0.15) is 45.5 Å². The molecular weight excluding hydrogens is 546 g/mol. The van der Waals surface area contributed by atoms with Gasteiger partial charge in [-0.3, -0.25) is 14.5 Å². The number of rotatable bonds is 10. The molecule has 1 aliphatic rings. The van der Waals surface area contributed by atoms with E-state index in [9.17, 15) is 23.2 Å². The first kappa shape index (κ1) is 28.7. The Morgan fingerprint density at radius 3 is 2.60 bits per heavy atom. The zero-order valence-electron chi connectivity index (χ0n) is 21.8. The minimum atomic E-state index is -3.29. The number of benzene rings is 2. The van der Waals surface area contributed by atoms with E-state index < -0.39 is 30.4 Å². The van der Waals surface area contributed by atoms with E-state index in [4.69, 9.17) is 14.2 Å². The van der Waals surface area contributed by atoms with Crippen LogP contribution in [-0.4, -0.2) is 55.0 Å². The van der Waals surface area contributed by atoms with Gasteiger partial charge in [0.15, 0.2) is 5.69 Å². The first-order valence-electron chi connectivity index (χ1n) is 12.4. The lowest BCUT2D eigenvalue weighted by Crippen LogP contribution is -2.31. The maximum atomic E-state index is 13.1. The molecule has 212 valence electrons. The number of hydrogen-bond donors (Lipinski definition) is 2. The van der Waals surface area contributed by atoms with Crippen LogP contribution in [0, 0.1) is 0 Å². The number of hydrogen-bond acceptors (Lipinski definition) is 8. The van der Waals surface area contributed by atoms with Gasteiger partial charge in [-0.15, -0.1) is 0 Å². The summed E-state index contributed by atoms with van der Waals surface area (Å²) in [5.74, 6) is -1.22. The van der Waals surface area contributed by atoms with Gasteiger partial charge < -0.3 is 24.8 Å². The highest BCUT2D eigenvalue weighted by Gasteiger charge is 2.35. The van der Waals surface area contributed by atoms with Gasteiger partial charge in [0, 0.05) is 24.7 Å². The van der Waals surface area contributed by atoms with E-state index in [-0.39, 0.29) is 23.8 Å². The van der Waals surface area contributed by atoms with Crippen LogP contribution in [0.25, 0.3) is 0 Å². The fourth-order valence-electron chi connectivity index (χ4n) is 4.19. The predicted octanol–water partition coefficient (Wildman–Crippen LogP) is 4.77. The summed E-state index contributed by atoms with van der Waals surface area (Å²) in [6.07, 6.45) is -2.67. The van der Waals surface area contributed by atoms with E-state index in [2.05, 4.69) is 15.6 Å². The van der Waals surface area contributed by atoms with Crippen molar-refractivity contribution in [1.82, 2.24) is 15.2 Å². The number of thiazole rings is 1. The first-order chi connectivity index (χ1) is 19.3. The smallest absolute Gasteiger partial charge is 0.410 e. The number of anilines is 1. The average Bonchev–Trinajstić information content (AvgIpc) is 3.62. The van der Waals surface area contributed by atoms with Crippen molar-refractivity contribution in [1.29, 1.82) is 0 Å². The van der Waals surface area contributed by atoms with Crippen molar-refractivity contribution in [2.24, 2.45) is 0 Å². The van der Waals surface area contributed by atoms with Gasteiger partial charge in [-0.1, -0.05) is 41.7 Å². The molecule has 4 rings (SSSR count). The molecule has 0 spiro atoms. The summed E-state index contributed by atoms with van der Waals surface area (Å²) in [4.78, 5) is 43.7. The van der Waals surface area contributed by atoms with Gasteiger partial charge in [-0.05, 0) is 30.5 Å². The minimum Gasteiger partial charge on any atom is -0.497 e. The summed E-state index contributed by atoms with van der Waals surface area (Å²) >= 11 is 0.873. The molecule has 10 nitrogen and oxygen atoms in total. The number of amides is 3. The summed E-state index contributed by atoms with van der Waals surface area (Å²) in [6.45, 7) is 0.511. The Hall–Kier alpha value is -4.26. The van der Waals surface area contributed by atoms with Crippen molar-refractivity contribution in [3.8, 4) is 11.5 Å². The van der Waals surface area contributed by atoms with Gasteiger partial charge in [-0.2, -0.15) is 8.78 Å². The quantitative estimate of drug-likeness (QED) is 0.358. The highest BCUT2D eigenvalue weighted by atomic mass is 32.1. The van der Waals surface area contributed by atoms with E-state index in [0.29, 0.717) is 41.5 Å². The molecule has 1 aliphatic heterocycles. The zero-order valence-corrected chi connectivity index (χ0v) is 22.6. The highest BCUT2D eigenvalue weighted by molar-refractivity contribution is 7.16. The lowest BCUT2D eigenvalue weighted by Gasteiger charge is -2.22. The maximum Gasteiger partial charge on any atom is 0.410 e. The van der Waals surface area contributed by atoms with Crippen LogP contribution in [0.15, 0.2) is 48.5 Å². The number of likely N-dealkylation sites (tertiary alicyclic amines) is 1. The molecule has 0 bridgehead atoms. The molecule has 1 aromatic heterocycles. The van der Waals surface area contributed by atoms with Gasteiger partial charge in [0.25, 0.3) is 11.8 Å². The van der Waals surface area contributed by atoms with Gasteiger partial charge in [0.05, 0.1) is 20.3 Å². The fraction of sp³-hybridized carbons (Fsp3) is 0.333. The number of aromatic nitrogens is 1. The van der Waals surface area contributed by atoms with E-state index in [1.54, 1.807) is 18.2 Å². The molecule has 0 saturated carbocycles. The van der Waals surface area contributed by atoms with Gasteiger partial charge in [0.2, 0.25) is 0 Å². The van der Waals surface area contributed by atoms with Gasteiger partial charge in [0.1, 0.15) is 28.1 Å². The number of nitrogens with one attached hydrogen (secondary N) is 2. The molecule has 2 heterocycles. The first-order valence-corrected chi connectivity index (χ1v) is 13.2. The summed E-state index contributed by atoms with van der Waals surface area (Å²) in [5, 5.41) is 4.97. The van der Waals surface area contributed by atoms with Crippen molar-refractivity contribution in [2.75, 3.05) is 26.1 Å². The second-order valence-electron chi connectivity index (χ2n) is 8.77. The van der Waals surface area contributed by atoms with Crippen LogP contribution in [0.3, 0.4) is 0 Å². The molecule has 2 N–H and O–H groups in total. The molecule has 1 saturated heterocycles. The second kappa shape index (κ2) is 13.2. The van der Waals surface area contributed by atoms with Crippen LogP contribution in [0.4, 0.5) is 18.6 Å². The summed E-state index contributed by atoms with van der Waals surface area (Å²) in [7, 11) is 2.99. The number of carbonyl (C=O) groups excluding carboxylic acids is 3. The minimum absolute atomic E-state index is 0.0302. The molecule has 40 heavy (non-hydrogen) atoms. The van der Waals surface area contributed by atoms with Crippen molar-refractivity contribution in [3.05, 3.63) is 70.4 Å². The molecule has 1 unspecified atom stereocenters. The lowest BCUT2D eigenvalue weighted by molar-refractivity contribution is -0.126. The Bertz CT molecular complexity index is 1350. The molecule has 3 amide bonds. The number of ether oxygens (including phenoxy) is 3. The largest absolute Gasteiger partial charge is 0.497 e. The molecule has 1 fully saturated rings. The van der Waals surface area contributed by atoms with Crippen molar-refractivity contribution < 1.29 is 37.4 Å². The van der Waals surface area contributed by atoms with Crippen LogP contribution in [0.2, 0.25) is 0 Å². The Kier molecular flexibility index (Phi) is 9.48. The van der Waals surface area contributed by atoms with E-state index in [0.717, 1.165) is 16.9 Å². The molecule has 1 atom stereocenters. The van der Waals surface area contributed by atoms with Gasteiger partial charge >= 0.3 is 12.5 Å². The Labute approximate surface area is 233 Å². The average molecular weight is 575 g/mol. The number of methoxy groups -OCH3 is 2. The van der Waals surface area contributed by atoms with Crippen LogP contribution in [0.5, 0.6) is 11.5 Å². The third-order valence-corrected chi connectivity index (χ3v) is 7.28. The molecular formula is C27H28F2N4O6S. The molecule has 0 aliphatic carbocycles. The fourth-order valence-corrected chi connectivity index (χ4v) is 5.30. The molecule has 3 aromatic rings. The standard InChI is InChI=1S/C27H28F2N4O6S/c1-37-18-11-10-17(20(13-18)38-2)14-30-23(34)21-26(32-24(35)22(28)29)40-25(31-21)19-9-6-12-33(19)27(36)39-15-16-7-4-3-5-8-16/h3-5,7-8,10-11,13,19,22H,6,9,12,14-15H2,1-2H3,(H,30,34)(H,32,35). The topological polar surface area (TPSA) is 119 Å².